The summed E-state index contributed by atoms with van der Waals surface area (Å²) in [4.78, 5) is 0. The third kappa shape index (κ3) is 3.23. The van der Waals surface area contributed by atoms with Crippen LogP contribution in [0, 0.1) is 48.9 Å². The summed E-state index contributed by atoms with van der Waals surface area (Å²) in [6.07, 6.45) is 8.37. The van der Waals surface area contributed by atoms with Gasteiger partial charge in [-0.2, -0.15) is 0 Å². The molecule has 2 atom stereocenters. The van der Waals surface area contributed by atoms with Crippen LogP contribution in [-0.2, 0) is 0 Å². The molecule has 0 aliphatic heterocycles. The van der Waals surface area contributed by atoms with Gasteiger partial charge in [0, 0.05) is 17.8 Å². The topological polar surface area (TPSA) is 0 Å². The van der Waals surface area contributed by atoms with Crippen molar-refractivity contribution in [3.05, 3.63) is 145 Å². The van der Waals surface area contributed by atoms with Crippen molar-refractivity contribution in [2.75, 3.05) is 0 Å². The van der Waals surface area contributed by atoms with E-state index < -0.39 is 0 Å². The fourth-order valence-electron chi connectivity index (χ4n) is 4.47. The van der Waals surface area contributed by atoms with Crippen molar-refractivity contribution in [2.24, 2.45) is 11.8 Å². The first-order valence-electron chi connectivity index (χ1n) is 9.70. The summed E-state index contributed by atoms with van der Waals surface area (Å²) in [5.74, 6) is 5.24. The van der Waals surface area contributed by atoms with E-state index in [4.69, 9.17) is 0 Å². The SMILES string of the molecule is [CH]1[CH][C@@H]2C[C@H]([C]1c1ccccc1)[C](c1ccccc1)[CH][C]2c1ccccc1. The van der Waals surface area contributed by atoms with E-state index in [-0.39, 0.29) is 0 Å². The summed E-state index contributed by atoms with van der Waals surface area (Å²) in [5.41, 5.74) is 4.00. The Morgan fingerprint density at radius 2 is 1.00 bits per heavy atom. The Hall–Kier alpha value is -2.34. The Morgan fingerprint density at radius 1 is 0.519 bits per heavy atom. The van der Waals surface area contributed by atoms with E-state index in [0.717, 1.165) is 6.42 Å². The van der Waals surface area contributed by atoms with Gasteiger partial charge in [-0.1, -0.05) is 91.0 Å². The molecule has 0 heterocycles. The highest BCUT2D eigenvalue weighted by molar-refractivity contribution is 5.58. The Kier molecular flexibility index (Phi) is 4.57. The van der Waals surface area contributed by atoms with Crippen LogP contribution in [0.2, 0.25) is 0 Å². The van der Waals surface area contributed by atoms with Gasteiger partial charge in [-0.15, -0.1) is 0 Å². The number of hydrogen-bond acceptors (Lipinski definition) is 0. The van der Waals surface area contributed by atoms with Crippen LogP contribution in [0.3, 0.4) is 0 Å². The molecule has 130 valence electrons. The summed E-state index contributed by atoms with van der Waals surface area (Å²) in [7, 11) is 0. The fourth-order valence-corrected chi connectivity index (χ4v) is 4.47. The highest BCUT2D eigenvalue weighted by Crippen LogP contribution is 2.55. The maximum atomic E-state index is 2.45. The molecule has 2 saturated carbocycles. The van der Waals surface area contributed by atoms with E-state index in [0.29, 0.717) is 11.8 Å². The van der Waals surface area contributed by atoms with E-state index in [9.17, 15) is 0 Å². The highest BCUT2D eigenvalue weighted by Gasteiger charge is 2.46. The molecule has 2 bridgehead atoms. The van der Waals surface area contributed by atoms with Crippen molar-refractivity contribution >= 4 is 0 Å². The lowest BCUT2D eigenvalue weighted by atomic mass is 9.55. The van der Waals surface area contributed by atoms with Crippen molar-refractivity contribution in [1.82, 2.24) is 0 Å². The van der Waals surface area contributed by atoms with Crippen molar-refractivity contribution in [1.29, 1.82) is 0 Å². The van der Waals surface area contributed by atoms with Gasteiger partial charge in [-0.25, -0.2) is 0 Å². The monoisotopic (exact) mass is 346 g/mol. The fraction of sp³-hybridized carbons (Fsp3) is 0.111. The highest BCUT2D eigenvalue weighted by atomic mass is 14.5. The Balaban J connectivity index is 1.52. The van der Waals surface area contributed by atoms with Gasteiger partial charge in [0.25, 0.3) is 0 Å². The summed E-state index contributed by atoms with van der Waals surface area (Å²) < 4.78 is 0. The molecule has 5 rings (SSSR count). The average Bonchev–Trinajstić information content (AvgIpc) is 2.76. The second kappa shape index (κ2) is 7.35. The van der Waals surface area contributed by atoms with Crippen molar-refractivity contribution < 1.29 is 0 Å². The van der Waals surface area contributed by atoms with Crippen LogP contribution < -0.4 is 0 Å². The van der Waals surface area contributed by atoms with Gasteiger partial charge in [0.1, 0.15) is 0 Å². The predicted octanol–water partition coefficient (Wildman–Crippen LogP) is 6.12. The number of fused-ring (bicyclic) bond motifs is 2. The van der Waals surface area contributed by atoms with Crippen LogP contribution in [0.25, 0.3) is 0 Å². The minimum Gasteiger partial charge on any atom is -0.0622 e. The molecular weight excluding hydrogens is 324 g/mol. The molecule has 6 radical (unpaired) electrons. The van der Waals surface area contributed by atoms with E-state index in [1.165, 1.54) is 34.4 Å². The third-order valence-electron chi connectivity index (χ3n) is 5.78. The van der Waals surface area contributed by atoms with Crippen LogP contribution in [0.4, 0.5) is 0 Å². The zero-order valence-corrected chi connectivity index (χ0v) is 15.3. The molecule has 0 saturated heterocycles. The zero-order chi connectivity index (χ0) is 18.1. The summed E-state index contributed by atoms with van der Waals surface area (Å²) >= 11 is 0. The zero-order valence-electron chi connectivity index (χ0n) is 15.3. The first-order valence-corrected chi connectivity index (χ1v) is 9.70. The minimum absolute atomic E-state index is 0.442. The van der Waals surface area contributed by atoms with Gasteiger partial charge in [0.05, 0.1) is 0 Å². The van der Waals surface area contributed by atoms with Crippen molar-refractivity contribution in [3.8, 4) is 0 Å². The largest absolute Gasteiger partial charge is 0.0622 e. The molecule has 0 spiro atoms. The predicted molar refractivity (Wildman–Crippen MR) is 111 cm³/mol. The summed E-state index contributed by atoms with van der Waals surface area (Å²) in [6.45, 7) is 0. The molecule has 0 amide bonds. The van der Waals surface area contributed by atoms with Gasteiger partial charge in [0.2, 0.25) is 0 Å². The second-order valence-electron chi connectivity index (χ2n) is 7.36. The molecule has 0 nitrogen and oxygen atoms in total. The first kappa shape index (κ1) is 16.8. The van der Waals surface area contributed by atoms with Crippen molar-refractivity contribution in [2.45, 2.75) is 6.42 Å². The van der Waals surface area contributed by atoms with Crippen LogP contribution >= 0.6 is 0 Å². The van der Waals surface area contributed by atoms with Gasteiger partial charge in [0.15, 0.2) is 0 Å². The molecule has 27 heavy (non-hydrogen) atoms. The third-order valence-corrected chi connectivity index (χ3v) is 5.78. The molecule has 0 heteroatoms. The molecule has 0 N–H and O–H groups in total. The number of benzene rings is 3. The Labute approximate surface area is 163 Å². The Morgan fingerprint density at radius 3 is 1.56 bits per heavy atom. The van der Waals surface area contributed by atoms with Gasteiger partial charge >= 0.3 is 0 Å². The first-order chi connectivity index (χ1) is 13.4. The van der Waals surface area contributed by atoms with Crippen molar-refractivity contribution in [3.63, 3.8) is 0 Å². The molecular formula is C27H22. The lowest BCUT2D eigenvalue weighted by Crippen LogP contribution is -2.39. The van der Waals surface area contributed by atoms with Crippen LogP contribution in [0.1, 0.15) is 23.1 Å². The normalized spacial score (nSPS) is 24.0. The second-order valence-corrected chi connectivity index (χ2v) is 7.36. The number of rotatable bonds is 3. The van der Waals surface area contributed by atoms with Gasteiger partial charge in [-0.05, 0) is 54.2 Å². The molecule has 3 aromatic carbocycles. The summed E-state index contributed by atoms with van der Waals surface area (Å²) in [5, 5.41) is 0. The quantitative estimate of drug-likeness (QED) is 0.536. The van der Waals surface area contributed by atoms with E-state index in [1.807, 2.05) is 0 Å². The van der Waals surface area contributed by atoms with Crippen LogP contribution in [0.15, 0.2) is 91.0 Å². The molecule has 3 aromatic rings. The molecule has 0 unspecified atom stereocenters. The summed E-state index contributed by atoms with van der Waals surface area (Å²) in [6, 6.07) is 32.6. The molecule has 2 fully saturated rings. The lowest BCUT2D eigenvalue weighted by molar-refractivity contribution is 0.399. The lowest BCUT2D eigenvalue weighted by Gasteiger charge is -2.48. The van der Waals surface area contributed by atoms with Gasteiger partial charge < -0.3 is 0 Å². The minimum atomic E-state index is 0.442. The molecule has 2 aliphatic rings. The maximum Gasteiger partial charge on any atom is 0.0134 e. The molecule has 0 aromatic heterocycles. The van der Waals surface area contributed by atoms with E-state index in [1.54, 1.807) is 0 Å². The van der Waals surface area contributed by atoms with Crippen LogP contribution in [-0.4, -0.2) is 0 Å². The number of hydrogen-bond donors (Lipinski definition) is 0. The standard InChI is InChI=1S/C27H22/c1-4-10-20(11-5-1)24-17-16-23-18-27(24)26(22-14-8-3-9-15-22)19-25(23)21-12-6-2-7-13-21/h1-17,19,23,27H,18H2/t23-,27-/m1/s1. The molecule has 2 aliphatic carbocycles. The van der Waals surface area contributed by atoms with E-state index >= 15 is 0 Å². The van der Waals surface area contributed by atoms with Gasteiger partial charge in [-0.3, -0.25) is 0 Å². The smallest absolute Gasteiger partial charge is 0.0134 e. The van der Waals surface area contributed by atoms with E-state index in [2.05, 4.69) is 110 Å². The Bertz CT molecular complexity index is 815. The average molecular weight is 346 g/mol. The van der Waals surface area contributed by atoms with Crippen LogP contribution in [0.5, 0.6) is 0 Å². The maximum absolute atomic E-state index is 2.45.